The van der Waals surface area contributed by atoms with E-state index in [1.54, 1.807) is 12.4 Å². The fraction of sp³-hybridized carbons (Fsp3) is 0.600. The van der Waals surface area contributed by atoms with Gasteiger partial charge in [-0.3, -0.25) is 14.8 Å². The summed E-state index contributed by atoms with van der Waals surface area (Å²) in [5, 5.41) is 40.3. The fourth-order valence-corrected chi connectivity index (χ4v) is 3.71. The molecule has 2 aromatic heterocycles. The molecule has 0 saturated carbocycles. The fourth-order valence-electron chi connectivity index (χ4n) is 3.71. The number of hydrogen-bond donors (Lipinski definition) is 4. The molecule has 1 aliphatic rings. The summed E-state index contributed by atoms with van der Waals surface area (Å²) in [6.07, 6.45) is -2.79. The van der Waals surface area contributed by atoms with Gasteiger partial charge >= 0.3 is 0 Å². The number of aryl methyl sites for hydroxylation is 1. The first-order valence-electron chi connectivity index (χ1n) is 12.2. The van der Waals surface area contributed by atoms with Crippen molar-refractivity contribution in [3.05, 3.63) is 47.8 Å². The predicted molar refractivity (Wildman–Crippen MR) is 131 cm³/mol. The SMILES string of the molecule is Cc1ccnc(-c2cc(COCCOCCOCCON(C)[C@@H]3O[C@H](CO)[C@H](O)[C@H](O)[C@H]3O)ccn2)c1. The van der Waals surface area contributed by atoms with Crippen LogP contribution in [0.5, 0.6) is 0 Å². The van der Waals surface area contributed by atoms with Gasteiger partial charge in [-0.25, -0.2) is 0 Å². The maximum Gasteiger partial charge on any atom is 0.161 e. The van der Waals surface area contributed by atoms with Gasteiger partial charge in [0.2, 0.25) is 0 Å². The van der Waals surface area contributed by atoms with E-state index < -0.39 is 37.3 Å². The second-order valence-corrected chi connectivity index (χ2v) is 8.64. The first-order valence-corrected chi connectivity index (χ1v) is 12.2. The first kappa shape index (κ1) is 29.5. The molecule has 1 aliphatic heterocycles. The van der Waals surface area contributed by atoms with Crippen molar-refractivity contribution in [1.29, 1.82) is 0 Å². The molecular formula is C25H37N3O9. The van der Waals surface area contributed by atoms with E-state index >= 15 is 0 Å². The van der Waals surface area contributed by atoms with Crippen molar-refractivity contribution in [1.82, 2.24) is 15.0 Å². The number of rotatable bonds is 15. The number of likely N-dealkylation sites (N-methyl/N-ethyl adjacent to an activating group) is 1. The number of ether oxygens (including phenoxy) is 4. The summed E-state index contributed by atoms with van der Waals surface area (Å²) in [6, 6.07) is 7.81. The lowest BCUT2D eigenvalue weighted by Gasteiger charge is -2.42. The normalized spacial score (nSPS) is 24.0. The highest BCUT2D eigenvalue weighted by Gasteiger charge is 2.45. The highest BCUT2D eigenvalue weighted by atomic mass is 16.7. The van der Waals surface area contributed by atoms with E-state index in [-0.39, 0.29) is 13.2 Å². The van der Waals surface area contributed by atoms with Gasteiger partial charge in [0.1, 0.15) is 24.4 Å². The summed E-state index contributed by atoms with van der Waals surface area (Å²) >= 11 is 0. The van der Waals surface area contributed by atoms with Gasteiger partial charge < -0.3 is 39.4 Å². The summed E-state index contributed by atoms with van der Waals surface area (Å²) in [5.41, 5.74) is 3.77. The molecule has 1 saturated heterocycles. The minimum absolute atomic E-state index is 0.167. The zero-order chi connectivity index (χ0) is 26.6. The van der Waals surface area contributed by atoms with E-state index in [1.807, 2.05) is 31.2 Å². The third kappa shape index (κ3) is 9.00. The highest BCUT2D eigenvalue weighted by molar-refractivity contribution is 5.55. The number of aliphatic hydroxyl groups excluding tert-OH is 4. The second kappa shape index (κ2) is 15.3. The van der Waals surface area contributed by atoms with Gasteiger partial charge in [0, 0.05) is 19.4 Å². The molecule has 3 heterocycles. The molecule has 1 fully saturated rings. The predicted octanol–water partition coefficient (Wildman–Crippen LogP) is -0.335. The molecule has 0 unspecified atom stereocenters. The van der Waals surface area contributed by atoms with Crippen LogP contribution in [-0.2, 0) is 30.4 Å². The molecule has 3 rings (SSSR count). The molecule has 206 valence electrons. The van der Waals surface area contributed by atoms with Crippen LogP contribution in [0.25, 0.3) is 11.4 Å². The average Bonchev–Trinajstić information content (AvgIpc) is 2.90. The van der Waals surface area contributed by atoms with Gasteiger partial charge in [0.15, 0.2) is 6.23 Å². The lowest BCUT2D eigenvalue weighted by molar-refractivity contribution is -0.328. The molecule has 4 N–H and O–H groups in total. The van der Waals surface area contributed by atoms with Gasteiger partial charge in [0.25, 0.3) is 0 Å². The Bertz CT molecular complexity index is 936. The monoisotopic (exact) mass is 523 g/mol. The van der Waals surface area contributed by atoms with E-state index in [2.05, 4.69) is 9.97 Å². The molecule has 12 nitrogen and oxygen atoms in total. The molecule has 5 atom stereocenters. The Morgan fingerprint density at radius 1 is 0.838 bits per heavy atom. The second-order valence-electron chi connectivity index (χ2n) is 8.64. The van der Waals surface area contributed by atoms with Crippen LogP contribution in [0.15, 0.2) is 36.7 Å². The van der Waals surface area contributed by atoms with Gasteiger partial charge in [-0.1, -0.05) is 0 Å². The van der Waals surface area contributed by atoms with Crippen molar-refractivity contribution in [2.24, 2.45) is 0 Å². The molecule has 2 aromatic rings. The minimum atomic E-state index is -1.46. The van der Waals surface area contributed by atoms with Crippen LogP contribution in [0.2, 0.25) is 0 Å². The maximum atomic E-state index is 10.1. The van der Waals surface area contributed by atoms with E-state index in [4.69, 9.17) is 23.8 Å². The summed E-state index contributed by atoms with van der Waals surface area (Å²) in [4.78, 5) is 14.2. The molecular weight excluding hydrogens is 486 g/mol. The van der Waals surface area contributed by atoms with Crippen LogP contribution in [0, 0.1) is 6.92 Å². The van der Waals surface area contributed by atoms with Crippen LogP contribution in [0.4, 0.5) is 0 Å². The Morgan fingerprint density at radius 3 is 2.14 bits per heavy atom. The molecule has 0 spiro atoms. The van der Waals surface area contributed by atoms with Crippen LogP contribution >= 0.6 is 0 Å². The number of pyridine rings is 2. The number of nitrogens with zero attached hydrogens (tertiary/aromatic N) is 3. The lowest BCUT2D eigenvalue weighted by Crippen LogP contribution is -2.62. The average molecular weight is 524 g/mol. The van der Waals surface area contributed by atoms with Crippen LogP contribution in [0.3, 0.4) is 0 Å². The summed E-state index contributed by atoms with van der Waals surface area (Å²) in [7, 11) is 1.52. The van der Waals surface area contributed by atoms with Crippen molar-refractivity contribution in [2.45, 2.75) is 44.2 Å². The molecule has 0 bridgehead atoms. The van der Waals surface area contributed by atoms with Crippen molar-refractivity contribution in [2.75, 3.05) is 53.3 Å². The molecule has 0 radical (unpaired) electrons. The lowest BCUT2D eigenvalue weighted by atomic mass is 9.98. The van der Waals surface area contributed by atoms with E-state index in [1.165, 1.54) is 12.1 Å². The van der Waals surface area contributed by atoms with Gasteiger partial charge in [-0.2, -0.15) is 5.06 Å². The first-order chi connectivity index (χ1) is 17.9. The third-order valence-electron chi connectivity index (χ3n) is 5.76. The standard InChI is InChI=1S/C25H37N3O9/c1-17-3-5-26-19(13-17)20-14-18(4-6-27-20)16-35-10-9-33-7-8-34-11-12-36-28(2)25-24(32)23(31)22(30)21(15-29)37-25/h3-6,13-14,21-25,29-32H,7-12,15-16H2,1-2H3/t21-,22+,23+,24-,25-/m1/s1. The van der Waals surface area contributed by atoms with E-state index in [0.717, 1.165) is 22.5 Å². The van der Waals surface area contributed by atoms with Crippen LogP contribution in [-0.4, -0.2) is 119 Å². The molecule has 0 aromatic carbocycles. The van der Waals surface area contributed by atoms with E-state index in [0.29, 0.717) is 33.0 Å². The Kier molecular flexibility index (Phi) is 12.2. The largest absolute Gasteiger partial charge is 0.394 e. The quantitative estimate of drug-likeness (QED) is 0.178. The smallest absolute Gasteiger partial charge is 0.161 e. The summed E-state index contributed by atoms with van der Waals surface area (Å²) < 4.78 is 22.1. The van der Waals surface area contributed by atoms with Crippen molar-refractivity contribution >= 4 is 0 Å². The number of hydroxylamine groups is 2. The third-order valence-corrected chi connectivity index (χ3v) is 5.76. The zero-order valence-electron chi connectivity index (χ0n) is 21.2. The van der Waals surface area contributed by atoms with E-state index in [9.17, 15) is 20.4 Å². The van der Waals surface area contributed by atoms with Crippen LogP contribution < -0.4 is 0 Å². The Balaban J connectivity index is 1.21. The molecule has 0 amide bonds. The van der Waals surface area contributed by atoms with Crippen molar-refractivity contribution in [3.8, 4) is 11.4 Å². The van der Waals surface area contributed by atoms with Gasteiger partial charge in [-0.05, 0) is 42.3 Å². The minimum Gasteiger partial charge on any atom is -0.394 e. The Hall–Kier alpha value is -2.10. The van der Waals surface area contributed by atoms with Crippen LogP contribution in [0.1, 0.15) is 11.1 Å². The van der Waals surface area contributed by atoms with Crippen molar-refractivity contribution in [3.63, 3.8) is 0 Å². The number of aliphatic hydroxyl groups is 4. The van der Waals surface area contributed by atoms with Crippen molar-refractivity contribution < 1.29 is 44.2 Å². The topological polar surface area (TPSA) is 156 Å². The zero-order valence-corrected chi connectivity index (χ0v) is 21.2. The molecule has 37 heavy (non-hydrogen) atoms. The van der Waals surface area contributed by atoms with Gasteiger partial charge in [0.05, 0.1) is 64.2 Å². The number of aromatic nitrogens is 2. The number of hydrogen-bond acceptors (Lipinski definition) is 12. The molecule has 0 aliphatic carbocycles. The molecule has 12 heteroatoms. The highest BCUT2D eigenvalue weighted by Crippen LogP contribution is 2.23. The Morgan fingerprint density at radius 2 is 1.46 bits per heavy atom. The van der Waals surface area contributed by atoms with Gasteiger partial charge in [-0.15, -0.1) is 0 Å². The maximum absolute atomic E-state index is 10.1. The summed E-state index contributed by atoms with van der Waals surface area (Å²) in [6.45, 7) is 4.02. The Labute approximate surface area is 216 Å². The summed E-state index contributed by atoms with van der Waals surface area (Å²) in [5.74, 6) is 0.